The third kappa shape index (κ3) is 5.96. The highest BCUT2D eigenvalue weighted by atomic mass is 15.4. The second-order valence-electron chi connectivity index (χ2n) is 12.1. The predicted octanol–water partition coefficient (Wildman–Crippen LogP) is 5.88. The molecule has 3 aliphatic rings. The molecule has 0 spiro atoms. The third-order valence-electron chi connectivity index (χ3n) is 9.40. The molecular formula is C28H50N6. The Hall–Kier alpha value is -1.59. The van der Waals surface area contributed by atoms with Crippen LogP contribution in [-0.2, 0) is 0 Å². The molecule has 1 atom stereocenters. The zero-order chi connectivity index (χ0) is 24.2. The van der Waals surface area contributed by atoms with Crippen molar-refractivity contribution in [2.24, 2.45) is 35.5 Å². The van der Waals surface area contributed by atoms with Gasteiger partial charge < -0.3 is 14.7 Å². The molecule has 34 heavy (non-hydrogen) atoms. The molecule has 4 heterocycles. The molecule has 0 aromatic carbocycles. The summed E-state index contributed by atoms with van der Waals surface area (Å²) in [5, 5.41) is 0. The molecule has 1 aromatic rings. The first kappa shape index (κ1) is 25.5. The molecule has 4 rings (SSSR count). The summed E-state index contributed by atoms with van der Waals surface area (Å²) in [6.07, 6.45) is 8.77. The van der Waals surface area contributed by atoms with Gasteiger partial charge in [0.1, 0.15) is 0 Å². The lowest BCUT2D eigenvalue weighted by molar-refractivity contribution is 0.285. The van der Waals surface area contributed by atoms with Crippen molar-refractivity contribution in [1.29, 1.82) is 0 Å². The molecule has 0 aliphatic carbocycles. The quantitative estimate of drug-likeness (QED) is 0.496. The molecule has 6 heteroatoms. The van der Waals surface area contributed by atoms with E-state index in [9.17, 15) is 0 Å². The summed E-state index contributed by atoms with van der Waals surface area (Å²) >= 11 is 0. The number of piperidine rings is 3. The van der Waals surface area contributed by atoms with Crippen molar-refractivity contribution in [2.45, 2.75) is 86.5 Å². The Kier molecular flexibility index (Phi) is 8.57. The van der Waals surface area contributed by atoms with Crippen molar-refractivity contribution >= 4 is 17.8 Å². The summed E-state index contributed by atoms with van der Waals surface area (Å²) < 4.78 is 0. The Balaban J connectivity index is 1.52. The van der Waals surface area contributed by atoms with Gasteiger partial charge in [-0.3, -0.25) is 0 Å². The van der Waals surface area contributed by atoms with Crippen LogP contribution in [0.5, 0.6) is 0 Å². The van der Waals surface area contributed by atoms with E-state index < -0.39 is 0 Å². The monoisotopic (exact) mass is 470 g/mol. The molecule has 0 amide bonds. The van der Waals surface area contributed by atoms with E-state index in [0.717, 1.165) is 92.6 Å². The van der Waals surface area contributed by atoms with Gasteiger partial charge in [0.05, 0.1) is 0 Å². The van der Waals surface area contributed by atoms with E-state index >= 15 is 0 Å². The SMILES string of the molecule is CCC(C)C1CCN(c2nc(N3CCC(C(C)C)CC3)nc(N3CCC(C(C)C)CC3)n2)CC1. The van der Waals surface area contributed by atoms with Crippen LogP contribution in [0.25, 0.3) is 0 Å². The Bertz CT molecular complexity index is 710. The molecule has 1 aromatic heterocycles. The summed E-state index contributed by atoms with van der Waals surface area (Å²) in [7, 11) is 0. The fourth-order valence-corrected chi connectivity index (χ4v) is 6.30. The van der Waals surface area contributed by atoms with Crippen LogP contribution in [0, 0.1) is 35.5 Å². The number of hydrogen-bond donors (Lipinski definition) is 0. The van der Waals surface area contributed by atoms with Gasteiger partial charge in [-0.15, -0.1) is 0 Å². The predicted molar refractivity (Wildman–Crippen MR) is 144 cm³/mol. The normalized spacial score (nSPS) is 22.8. The van der Waals surface area contributed by atoms with Crippen LogP contribution in [0.4, 0.5) is 17.8 Å². The van der Waals surface area contributed by atoms with Gasteiger partial charge in [0, 0.05) is 39.3 Å². The van der Waals surface area contributed by atoms with Crippen LogP contribution in [0.1, 0.15) is 86.5 Å². The topological polar surface area (TPSA) is 48.4 Å². The lowest BCUT2D eigenvalue weighted by Gasteiger charge is -2.38. The third-order valence-corrected chi connectivity index (χ3v) is 9.40. The van der Waals surface area contributed by atoms with Gasteiger partial charge in [-0.05, 0) is 74.0 Å². The lowest BCUT2D eigenvalue weighted by atomic mass is 9.84. The van der Waals surface area contributed by atoms with E-state index in [-0.39, 0.29) is 0 Å². The smallest absolute Gasteiger partial charge is 0.231 e. The highest BCUT2D eigenvalue weighted by Crippen LogP contribution is 2.32. The molecule has 0 radical (unpaired) electrons. The van der Waals surface area contributed by atoms with Crippen molar-refractivity contribution in [3.8, 4) is 0 Å². The van der Waals surface area contributed by atoms with Crippen LogP contribution in [0.2, 0.25) is 0 Å². The number of aromatic nitrogens is 3. The maximum Gasteiger partial charge on any atom is 0.231 e. The number of anilines is 3. The first-order chi connectivity index (χ1) is 16.4. The van der Waals surface area contributed by atoms with E-state index in [1.54, 1.807) is 0 Å². The van der Waals surface area contributed by atoms with Crippen LogP contribution >= 0.6 is 0 Å². The molecule has 3 aliphatic heterocycles. The van der Waals surface area contributed by atoms with Gasteiger partial charge >= 0.3 is 0 Å². The van der Waals surface area contributed by atoms with Crippen LogP contribution in [0.15, 0.2) is 0 Å². The van der Waals surface area contributed by atoms with Crippen LogP contribution in [0.3, 0.4) is 0 Å². The van der Waals surface area contributed by atoms with Gasteiger partial charge in [-0.25, -0.2) is 0 Å². The Morgan fingerprint density at radius 1 is 0.559 bits per heavy atom. The second-order valence-corrected chi connectivity index (χ2v) is 12.1. The van der Waals surface area contributed by atoms with Gasteiger partial charge in [0.15, 0.2) is 0 Å². The molecule has 3 fully saturated rings. The van der Waals surface area contributed by atoms with E-state index in [0.29, 0.717) is 0 Å². The maximum atomic E-state index is 5.08. The second kappa shape index (κ2) is 11.4. The molecule has 1 unspecified atom stereocenters. The Morgan fingerprint density at radius 3 is 1.12 bits per heavy atom. The standard InChI is InChI=1S/C28H50N6/c1-7-22(6)25-12-18-34(19-13-25)28-30-26(32-14-8-23(9-15-32)20(2)3)29-27(31-28)33-16-10-24(11-17-33)21(4)5/h20-25H,7-19H2,1-6H3. The first-order valence-electron chi connectivity index (χ1n) is 14.4. The van der Waals surface area contributed by atoms with Gasteiger partial charge in [-0.1, -0.05) is 48.0 Å². The molecule has 3 saturated heterocycles. The van der Waals surface area contributed by atoms with Crippen molar-refractivity contribution in [3.05, 3.63) is 0 Å². The Morgan fingerprint density at radius 2 is 0.853 bits per heavy atom. The molecule has 6 nitrogen and oxygen atoms in total. The van der Waals surface area contributed by atoms with Crippen molar-refractivity contribution < 1.29 is 0 Å². The summed E-state index contributed by atoms with van der Waals surface area (Å²) in [5.74, 6) is 7.58. The molecular weight excluding hydrogens is 420 g/mol. The molecule has 192 valence electrons. The van der Waals surface area contributed by atoms with Crippen molar-refractivity contribution in [2.75, 3.05) is 54.0 Å². The summed E-state index contributed by atoms with van der Waals surface area (Å²) in [5.41, 5.74) is 0. The van der Waals surface area contributed by atoms with Crippen molar-refractivity contribution in [1.82, 2.24) is 15.0 Å². The van der Waals surface area contributed by atoms with Crippen LogP contribution < -0.4 is 14.7 Å². The highest BCUT2D eigenvalue weighted by molar-refractivity contribution is 5.47. The van der Waals surface area contributed by atoms with Crippen LogP contribution in [-0.4, -0.2) is 54.2 Å². The van der Waals surface area contributed by atoms with Gasteiger partial charge in [0.2, 0.25) is 17.8 Å². The van der Waals surface area contributed by atoms with E-state index in [4.69, 9.17) is 15.0 Å². The molecule has 0 bridgehead atoms. The summed E-state index contributed by atoms with van der Waals surface area (Å²) in [6.45, 7) is 20.6. The fourth-order valence-electron chi connectivity index (χ4n) is 6.30. The highest BCUT2D eigenvalue weighted by Gasteiger charge is 2.29. The summed E-state index contributed by atoms with van der Waals surface area (Å²) in [6, 6.07) is 0. The van der Waals surface area contributed by atoms with E-state index in [1.165, 1.54) is 44.9 Å². The largest absolute Gasteiger partial charge is 0.341 e. The first-order valence-corrected chi connectivity index (χ1v) is 14.4. The fraction of sp³-hybridized carbons (Fsp3) is 0.893. The minimum absolute atomic E-state index is 0.765. The average molecular weight is 471 g/mol. The van der Waals surface area contributed by atoms with Gasteiger partial charge in [0.25, 0.3) is 0 Å². The number of rotatable bonds is 7. The molecule has 0 saturated carbocycles. The number of nitrogens with zero attached hydrogens (tertiary/aromatic N) is 6. The summed E-state index contributed by atoms with van der Waals surface area (Å²) in [4.78, 5) is 22.5. The minimum atomic E-state index is 0.765. The average Bonchev–Trinajstić information content (AvgIpc) is 2.88. The number of hydrogen-bond acceptors (Lipinski definition) is 6. The lowest BCUT2D eigenvalue weighted by Crippen LogP contribution is -2.41. The van der Waals surface area contributed by atoms with E-state index in [2.05, 4.69) is 56.2 Å². The van der Waals surface area contributed by atoms with E-state index in [1.807, 2.05) is 0 Å². The zero-order valence-electron chi connectivity index (χ0n) is 22.8. The zero-order valence-corrected chi connectivity index (χ0v) is 22.8. The Labute approximate surface area is 208 Å². The van der Waals surface area contributed by atoms with Crippen molar-refractivity contribution in [3.63, 3.8) is 0 Å². The molecule has 0 N–H and O–H groups in total. The minimum Gasteiger partial charge on any atom is -0.341 e. The maximum absolute atomic E-state index is 5.08. The van der Waals surface area contributed by atoms with Gasteiger partial charge in [-0.2, -0.15) is 15.0 Å².